The molecule has 0 bridgehead atoms. The van der Waals surface area contributed by atoms with Crippen molar-refractivity contribution in [1.29, 1.82) is 5.26 Å². The zero-order valence-corrected chi connectivity index (χ0v) is 8.07. The highest BCUT2D eigenvalue weighted by molar-refractivity contribution is 5.95. The number of nitrogens with zero attached hydrogens (tertiary/aromatic N) is 1. The molecule has 0 aliphatic carbocycles. The summed E-state index contributed by atoms with van der Waals surface area (Å²) in [6.45, 7) is 0. The molecule has 0 aliphatic heterocycles. The SMILES string of the molecule is COC(=O)c1cc(C#CC#N)ccc1N. The molecule has 0 unspecified atom stereocenters. The number of hydrogen-bond donors (Lipinski definition) is 1. The second-order valence-corrected chi connectivity index (χ2v) is 2.66. The number of hydrogen-bond acceptors (Lipinski definition) is 4. The van der Waals surface area contributed by atoms with Gasteiger partial charge >= 0.3 is 5.97 Å². The van der Waals surface area contributed by atoms with Gasteiger partial charge in [-0.05, 0) is 18.2 Å². The van der Waals surface area contributed by atoms with Gasteiger partial charge in [0.25, 0.3) is 0 Å². The van der Waals surface area contributed by atoms with Gasteiger partial charge in [0.2, 0.25) is 0 Å². The van der Waals surface area contributed by atoms with E-state index in [2.05, 4.69) is 16.6 Å². The molecule has 0 aliphatic rings. The number of carbonyl (C=O) groups excluding carboxylic acids is 1. The van der Waals surface area contributed by atoms with Gasteiger partial charge in [-0.3, -0.25) is 0 Å². The summed E-state index contributed by atoms with van der Waals surface area (Å²) in [6, 6.07) is 6.36. The summed E-state index contributed by atoms with van der Waals surface area (Å²) in [4.78, 5) is 11.2. The quantitative estimate of drug-likeness (QED) is 0.415. The Morgan fingerprint density at radius 3 is 2.87 bits per heavy atom. The monoisotopic (exact) mass is 200 g/mol. The molecule has 1 aromatic rings. The third-order valence-electron chi connectivity index (χ3n) is 1.72. The van der Waals surface area contributed by atoms with Crippen molar-refractivity contribution in [3.63, 3.8) is 0 Å². The Morgan fingerprint density at radius 2 is 2.27 bits per heavy atom. The summed E-state index contributed by atoms with van der Waals surface area (Å²) in [5.41, 5.74) is 6.70. The molecule has 0 saturated heterocycles. The highest BCUT2D eigenvalue weighted by Crippen LogP contribution is 2.14. The molecule has 0 radical (unpaired) electrons. The lowest BCUT2D eigenvalue weighted by atomic mass is 10.1. The van der Waals surface area contributed by atoms with Crippen molar-refractivity contribution in [3.05, 3.63) is 29.3 Å². The van der Waals surface area contributed by atoms with Crippen LogP contribution in [0.15, 0.2) is 18.2 Å². The predicted molar refractivity (Wildman–Crippen MR) is 54.7 cm³/mol. The second-order valence-electron chi connectivity index (χ2n) is 2.66. The lowest BCUT2D eigenvalue weighted by Crippen LogP contribution is -2.05. The fraction of sp³-hybridized carbons (Fsp3) is 0.0909. The Labute approximate surface area is 87.3 Å². The van der Waals surface area contributed by atoms with Crippen LogP contribution in [-0.4, -0.2) is 13.1 Å². The molecule has 4 nitrogen and oxygen atoms in total. The molecule has 0 saturated carbocycles. The maximum absolute atomic E-state index is 11.2. The fourth-order valence-electron chi connectivity index (χ4n) is 1.02. The molecular weight excluding hydrogens is 192 g/mol. The van der Waals surface area contributed by atoms with Crippen LogP contribution in [0.4, 0.5) is 5.69 Å². The van der Waals surface area contributed by atoms with E-state index in [4.69, 9.17) is 11.0 Å². The number of benzene rings is 1. The fourth-order valence-corrected chi connectivity index (χ4v) is 1.02. The normalized spacial score (nSPS) is 8.27. The third kappa shape index (κ3) is 2.49. The van der Waals surface area contributed by atoms with Gasteiger partial charge in [-0.1, -0.05) is 5.92 Å². The topological polar surface area (TPSA) is 76.1 Å². The number of nitrogen functional groups attached to an aromatic ring is 1. The van der Waals surface area contributed by atoms with Gasteiger partial charge in [0.05, 0.1) is 12.7 Å². The summed E-state index contributed by atoms with van der Waals surface area (Å²) in [6.07, 6.45) is 0. The van der Waals surface area contributed by atoms with Gasteiger partial charge in [-0.2, -0.15) is 5.26 Å². The molecule has 15 heavy (non-hydrogen) atoms. The number of ether oxygens (including phenoxy) is 1. The highest BCUT2D eigenvalue weighted by atomic mass is 16.5. The molecule has 0 atom stereocenters. The van der Waals surface area contributed by atoms with Gasteiger partial charge in [0.15, 0.2) is 6.07 Å². The number of nitrogens with two attached hydrogens (primary N) is 1. The molecular formula is C11H8N2O2. The largest absolute Gasteiger partial charge is 0.465 e. The van der Waals surface area contributed by atoms with Crippen molar-refractivity contribution >= 4 is 11.7 Å². The third-order valence-corrected chi connectivity index (χ3v) is 1.72. The summed E-state index contributed by atoms with van der Waals surface area (Å²) < 4.78 is 4.54. The summed E-state index contributed by atoms with van der Waals surface area (Å²) in [5, 5.41) is 8.27. The summed E-state index contributed by atoms with van der Waals surface area (Å²) in [5.74, 6) is 4.28. The molecule has 1 rings (SSSR count). The van der Waals surface area contributed by atoms with Crippen LogP contribution in [0.25, 0.3) is 0 Å². The minimum absolute atomic E-state index is 0.252. The van der Waals surface area contributed by atoms with Crippen LogP contribution >= 0.6 is 0 Å². The van der Waals surface area contributed by atoms with Crippen molar-refractivity contribution in [1.82, 2.24) is 0 Å². The zero-order valence-electron chi connectivity index (χ0n) is 8.07. The Bertz CT molecular complexity index is 490. The van der Waals surface area contributed by atoms with Gasteiger partial charge < -0.3 is 10.5 Å². The number of nitriles is 1. The standard InChI is InChI=1S/C11H8N2O2/c1-15-11(14)9-7-8(3-2-6-12)4-5-10(9)13/h4-5,7H,13H2,1H3. The lowest BCUT2D eigenvalue weighted by Gasteiger charge is -2.03. The van der Waals surface area contributed by atoms with Crippen molar-refractivity contribution in [3.8, 4) is 17.9 Å². The minimum Gasteiger partial charge on any atom is -0.465 e. The van der Waals surface area contributed by atoms with Crippen molar-refractivity contribution in [2.45, 2.75) is 0 Å². The zero-order chi connectivity index (χ0) is 11.3. The van der Waals surface area contributed by atoms with Gasteiger partial charge in [0.1, 0.15) is 0 Å². The van der Waals surface area contributed by atoms with E-state index in [-0.39, 0.29) is 5.56 Å². The van der Waals surface area contributed by atoms with Crippen LogP contribution < -0.4 is 5.73 Å². The Hall–Kier alpha value is -2.46. The number of methoxy groups -OCH3 is 1. The number of carbonyl (C=O) groups is 1. The van der Waals surface area contributed by atoms with E-state index in [1.54, 1.807) is 18.2 Å². The summed E-state index contributed by atoms with van der Waals surface area (Å²) >= 11 is 0. The minimum atomic E-state index is -0.520. The van der Waals surface area contributed by atoms with Crippen molar-refractivity contribution in [2.24, 2.45) is 0 Å². The van der Waals surface area contributed by atoms with Crippen LogP contribution in [0.2, 0.25) is 0 Å². The van der Waals surface area contributed by atoms with Crippen LogP contribution in [0, 0.1) is 23.2 Å². The van der Waals surface area contributed by atoms with E-state index in [0.717, 1.165) is 0 Å². The number of rotatable bonds is 1. The summed E-state index contributed by atoms with van der Waals surface area (Å²) in [7, 11) is 1.27. The van der Waals surface area contributed by atoms with E-state index in [9.17, 15) is 4.79 Å². The first-order valence-corrected chi connectivity index (χ1v) is 4.07. The highest BCUT2D eigenvalue weighted by Gasteiger charge is 2.09. The number of anilines is 1. The molecule has 74 valence electrons. The van der Waals surface area contributed by atoms with E-state index in [1.165, 1.54) is 13.2 Å². The van der Waals surface area contributed by atoms with E-state index in [0.29, 0.717) is 11.3 Å². The lowest BCUT2D eigenvalue weighted by molar-refractivity contribution is 0.0602. The molecule has 4 heteroatoms. The number of esters is 1. The van der Waals surface area contributed by atoms with Gasteiger partial charge in [0, 0.05) is 17.2 Å². The first-order chi connectivity index (χ1) is 7.19. The maximum Gasteiger partial charge on any atom is 0.339 e. The van der Waals surface area contributed by atoms with E-state index < -0.39 is 5.97 Å². The maximum atomic E-state index is 11.2. The van der Waals surface area contributed by atoms with E-state index >= 15 is 0 Å². The average Bonchev–Trinajstić information content (AvgIpc) is 2.27. The molecule has 0 aromatic heterocycles. The Balaban J connectivity index is 3.18. The van der Waals surface area contributed by atoms with E-state index in [1.807, 2.05) is 0 Å². The Kier molecular flexibility index (Phi) is 3.32. The molecule has 0 fully saturated rings. The second kappa shape index (κ2) is 4.69. The molecule has 1 aromatic carbocycles. The molecule has 2 N–H and O–H groups in total. The first kappa shape index (κ1) is 10.6. The smallest absolute Gasteiger partial charge is 0.339 e. The molecule has 0 spiro atoms. The predicted octanol–water partition coefficient (Wildman–Crippen LogP) is 0.930. The Morgan fingerprint density at radius 1 is 1.53 bits per heavy atom. The molecule has 0 heterocycles. The average molecular weight is 200 g/mol. The van der Waals surface area contributed by atoms with Crippen molar-refractivity contribution < 1.29 is 9.53 Å². The van der Waals surface area contributed by atoms with Crippen LogP contribution in [0.5, 0.6) is 0 Å². The molecule has 0 amide bonds. The van der Waals surface area contributed by atoms with Crippen LogP contribution in [0.3, 0.4) is 0 Å². The van der Waals surface area contributed by atoms with Gasteiger partial charge in [-0.25, -0.2) is 4.79 Å². The van der Waals surface area contributed by atoms with Gasteiger partial charge in [-0.15, -0.1) is 0 Å². The van der Waals surface area contributed by atoms with Crippen molar-refractivity contribution in [2.75, 3.05) is 12.8 Å². The first-order valence-electron chi connectivity index (χ1n) is 4.07. The van der Waals surface area contributed by atoms with Crippen LogP contribution in [-0.2, 0) is 4.74 Å². The van der Waals surface area contributed by atoms with Crippen LogP contribution in [0.1, 0.15) is 15.9 Å².